The molecule has 3 heteroatoms. The van der Waals surface area contributed by atoms with Crippen LogP contribution < -0.4 is 4.90 Å². The van der Waals surface area contributed by atoms with Gasteiger partial charge in [-0.3, -0.25) is 0 Å². The Kier molecular flexibility index (Phi) is 7.07. The van der Waals surface area contributed by atoms with Crippen molar-refractivity contribution < 1.29 is 0 Å². The van der Waals surface area contributed by atoms with Gasteiger partial charge in [-0.25, -0.2) is 4.98 Å². The maximum atomic E-state index is 5.07. The van der Waals surface area contributed by atoms with E-state index in [4.69, 9.17) is 4.98 Å². The highest BCUT2D eigenvalue weighted by atomic mass is 15.2. The van der Waals surface area contributed by atoms with E-state index in [1.807, 2.05) is 0 Å². The lowest BCUT2D eigenvalue weighted by atomic mass is 9.99. The minimum Gasteiger partial charge on any atom is -0.356 e. The average molecular weight is 402 g/mol. The highest BCUT2D eigenvalue weighted by Gasteiger charge is 2.20. The van der Waals surface area contributed by atoms with Crippen LogP contribution >= 0.6 is 0 Å². The molecule has 0 N–H and O–H groups in total. The van der Waals surface area contributed by atoms with Gasteiger partial charge in [0.25, 0.3) is 0 Å². The number of hydrogen-bond donors (Lipinski definition) is 0. The van der Waals surface area contributed by atoms with Gasteiger partial charge in [-0.05, 0) is 61.9 Å². The maximum absolute atomic E-state index is 5.07. The van der Waals surface area contributed by atoms with Crippen LogP contribution in [0.15, 0.2) is 42.5 Å². The fourth-order valence-corrected chi connectivity index (χ4v) is 4.50. The zero-order valence-corrected chi connectivity index (χ0v) is 18.6. The predicted octanol–water partition coefficient (Wildman–Crippen LogP) is 4.99. The minimum absolute atomic E-state index is 0.751. The van der Waals surface area contributed by atoms with Crippen molar-refractivity contribution in [1.82, 2.24) is 9.88 Å². The van der Waals surface area contributed by atoms with Crippen LogP contribution in [0.25, 0.3) is 0 Å². The number of pyridine rings is 1. The number of rotatable bonds is 5. The standard InChI is InChI=1S/C27H35N3/c1-22-13-17-29(18-14-22)16-7-6-10-25-11-12-27(30-19-15-23(2)21-30)28-26(25)20-24-8-4-3-5-9-24/h3-5,8-9,11-12,22-23H,7,13-21H2,1-2H3/t23-/m0/s1. The Labute approximate surface area is 182 Å². The molecule has 0 amide bonds. The van der Waals surface area contributed by atoms with Crippen molar-refractivity contribution in [3.05, 3.63) is 59.3 Å². The second kappa shape index (κ2) is 10.1. The number of hydrogen-bond acceptors (Lipinski definition) is 3. The molecule has 0 aliphatic carbocycles. The van der Waals surface area contributed by atoms with E-state index in [1.165, 1.54) is 37.9 Å². The molecule has 1 aromatic heterocycles. The number of nitrogens with zero attached hydrogens (tertiary/aromatic N) is 3. The summed E-state index contributed by atoms with van der Waals surface area (Å²) in [6.45, 7) is 10.5. The largest absolute Gasteiger partial charge is 0.356 e. The Morgan fingerprint density at radius 3 is 2.43 bits per heavy atom. The van der Waals surface area contributed by atoms with E-state index in [0.29, 0.717) is 0 Å². The van der Waals surface area contributed by atoms with E-state index in [2.05, 4.69) is 78.0 Å². The first-order valence-electron chi connectivity index (χ1n) is 11.7. The molecule has 0 radical (unpaired) electrons. The zero-order valence-electron chi connectivity index (χ0n) is 18.6. The van der Waals surface area contributed by atoms with Crippen LogP contribution in [0.4, 0.5) is 5.82 Å². The molecule has 2 fully saturated rings. The van der Waals surface area contributed by atoms with Gasteiger partial charge in [-0.2, -0.15) is 0 Å². The summed E-state index contributed by atoms with van der Waals surface area (Å²) in [5.41, 5.74) is 3.49. The third-order valence-electron chi connectivity index (χ3n) is 6.57. The van der Waals surface area contributed by atoms with E-state index < -0.39 is 0 Å². The maximum Gasteiger partial charge on any atom is 0.128 e. The van der Waals surface area contributed by atoms with Crippen molar-refractivity contribution >= 4 is 5.82 Å². The van der Waals surface area contributed by atoms with Crippen LogP contribution in [0, 0.1) is 23.7 Å². The molecular formula is C27H35N3. The molecule has 0 saturated carbocycles. The van der Waals surface area contributed by atoms with Crippen LogP contribution in [0.3, 0.4) is 0 Å². The number of anilines is 1. The van der Waals surface area contributed by atoms with Gasteiger partial charge in [-0.15, -0.1) is 0 Å². The molecule has 3 heterocycles. The number of piperidine rings is 1. The topological polar surface area (TPSA) is 19.4 Å². The third kappa shape index (κ3) is 5.64. The SMILES string of the molecule is CC1CCN(CCC#Cc2ccc(N3CC[C@H](C)C3)nc2Cc2ccccc2)CC1. The molecule has 2 aliphatic rings. The molecule has 4 rings (SSSR count). The minimum atomic E-state index is 0.751. The molecule has 158 valence electrons. The van der Waals surface area contributed by atoms with E-state index in [1.54, 1.807) is 0 Å². The summed E-state index contributed by atoms with van der Waals surface area (Å²) in [7, 11) is 0. The summed E-state index contributed by atoms with van der Waals surface area (Å²) in [6.07, 6.45) is 5.69. The smallest absolute Gasteiger partial charge is 0.128 e. The van der Waals surface area contributed by atoms with Gasteiger partial charge in [0.2, 0.25) is 0 Å². The van der Waals surface area contributed by atoms with Gasteiger partial charge in [0, 0.05) is 38.0 Å². The highest BCUT2D eigenvalue weighted by molar-refractivity contribution is 5.49. The highest BCUT2D eigenvalue weighted by Crippen LogP contribution is 2.24. The van der Waals surface area contributed by atoms with Crippen LogP contribution in [-0.2, 0) is 6.42 Å². The van der Waals surface area contributed by atoms with Gasteiger partial charge in [0.1, 0.15) is 5.82 Å². The first-order valence-corrected chi connectivity index (χ1v) is 11.7. The van der Waals surface area contributed by atoms with Crippen molar-refractivity contribution in [3.8, 4) is 11.8 Å². The third-order valence-corrected chi connectivity index (χ3v) is 6.57. The lowest BCUT2D eigenvalue weighted by molar-refractivity contribution is 0.196. The van der Waals surface area contributed by atoms with Gasteiger partial charge in [-0.1, -0.05) is 56.0 Å². The molecule has 0 bridgehead atoms. The Bertz CT molecular complexity index is 872. The number of benzene rings is 1. The van der Waals surface area contributed by atoms with Crippen molar-refractivity contribution in [3.63, 3.8) is 0 Å². The van der Waals surface area contributed by atoms with Crippen LogP contribution in [0.2, 0.25) is 0 Å². The quantitative estimate of drug-likeness (QED) is 0.658. The van der Waals surface area contributed by atoms with Gasteiger partial charge in [0.05, 0.1) is 5.69 Å². The summed E-state index contributed by atoms with van der Waals surface area (Å²) in [5, 5.41) is 0. The predicted molar refractivity (Wildman–Crippen MR) is 126 cm³/mol. The molecular weight excluding hydrogens is 366 g/mol. The van der Waals surface area contributed by atoms with E-state index in [0.717, 1.165) is 61.4 Å². The Morgan fingerprint density at radius 2 is 1.70 bits per heavy atom. The van der Waals surface area contributed by atoms with E-state index in [-0.39, 0.29) is 0 Å². The lowest BCUT2D eigenvalue weighted by Crippen LogP contribution is -2.33. The van der Waals surface area contributed by atoms with Crippen molar-refractivity contribution in [2.75, 3.05) is 37.6 Å². The first kappa shape index (κ1) is 20.9. The summed E-state index contributed by atoms with van der Waals surface area (Å²) >= 11 is 0. The monoisotopic (exact) mass is 401 g/mol. The van der Waals surface area contributed by atoms with E-state index in [9.17, 15) is 0 Å². The second-order valence-electron chi connectivity index (χ2n) is 9.24. The normalized spacial score (nSPS) is 20.2. The molecule has 2 saturated heterocycles. The van der Waals surface area contributed by atoms with Crippen molar-refractivity contribution in [2.45, 2.75) is 46.0 Å². The average Bonchev–Trinajstić information content (AvgIpc) is 3.20. The summed E-state index contributed by atoms with van der Waals surface area (Å²) in [4.78, 5) is 10.1. The van der Waals surface area contributed by atoms with Crippen LogP contribution in [-0.4, -0.2) is 42.6 Å². The molecule has 0 unspecified atom stereocenters. The number of likely N-dealkylation sites (tertiary alicyclic amines) is 1. The summed E-state index contributed by atoms with van der Waals surface area (Å²) in [6, 6.07) is 15.0. The van der Waals surface area contributed by atoms with Crippen molar-refractivity contribution in [1.29, 1.82) is 0 Å². The molecule has 2 aromatic rings. The Balaban J connectivity index is 1.47. The molecule has 1 atom stereocenters. The lowest BCUT2D eigenvalue weighted by Gasteiger charge is -2.29. The van der Waals surface area contributed by atoms with Gasteiger partial charge < -0.3 is 9.80 Å². The summed E-state index contributed by atoms with van der Waals surface area (Å²) in [5.74, 6) is 9.63. The van der Waals surface area contributed by atoms with E-state index >= 15 is 0 Å². The molecule has 3 nitrogen and oxygen atoms in total. The Morgan fingerprint density at radius 1 is 0.933 bits per heavy atom. The second-order valence-corrected chi connectivity index (χ2v) is 9.24. The fraction of sp³-hybridized carbons (Fsp3) is 0.519. The van der Waals surface area contributed by atoms with Crippen molar-refractivity contribution in [2.24, 2.45) is 11.8 Å². The van der Waals surface area contributed by atoms with Crippen LogP contribution in [0.1, 0.15) is 56.4 Å². The van der Waals surface area contributed by atoms with Gasteiger partial charge in [0.15, 0.2) is 0 Å². The Hall–Kier alpha value is -2.31. The molecule has 2 aliphatic heterocycles. The zero-order chi connectivity index (χ0) is 20.8. The summed E-state index contributed by atoms with van der Waals surface area (Å²) < 4.78 is 0. The molecule has 1 aromatic carbocycles. The molecule has 30 heavy (non-hydrogen) atoms. The fourth-order valence-electron chi connectivity index (χ4n) is 4.50. The first-order chi connectivity index (χ1) is 14.7. The number of aromatic nitrogens is 1. The van der Waals surface area contributed by atoms with Crippen LogP contribution in [0.5, 0.6) is 0 Å². The van der Waals surface area contributed by atoms with Gasteiger partial charge >= 0.3 is 0 Å². The molecule has 0 spiro atoms.